The van der Waals surface area contributed by atoms with Crippen LogP contribution in [0.1, 0.15) is 33.9 Å². The van der Waals surface area contributed by atoms with Crippen LogP contribution in [0.4, 0.5) is 17.1 Å². The Balaban J connectivity index is 0.985. The highest BCUT2D eigenvalue weighted by Crippen LogP contribution is 2.44. The number of anilines is 3. The number of alkyl halides is 3. The second-order valence-corrected chi connectivity index (χ2v) is 23.8. The predicted molar refractivity (Wildman–Crippen MR) is 287 cm³/mol. The lowest BCUT2D eigenvalue weighted by molar-refractivity contribution is 0.959. The summed E-state index contributed by atoms with van der Waals surface area (Å²) in [6.45, 7) is 0. The molecule has 9 rings (SSSR count). The van der Waals surface area contributed by atoms with E-state index in [0.29, 0.717) is 0 Å². The van der Waals surface area contributed by atoms with Crippen LogP contribution < -0.4 is 4.90 Å². The Kier molecular flexibility index (Phi) is 14.7. The Morgan fingerprint density at radius 2 is 0.525 bits per heavy atom. The van der Waals surface area contributed by atoms with Crippen LogP contribution in [0.2, 0.25) is 0 Å². The number of benzene rings is 3. The van der Waals surface area contributed by atoms with E-state index in [1.165, 1.54) is 94.5 Å². The Bertz CT molecular complexity index is 2480. The van der Waals surface area contributed by atoms with Crippen LogP contribution in [0.3, 0.4) is 0 Å². The van der Waals surface area contributed by atoms with Gasteiger partial charge in [0, 0.05) is 91.6 Å². The Hall–Kier alpha value is -2.90. The first-order chi connectivity index (χ1) is 30.0. The summed E-state index contributed by atoms with van der Waals surface area (Å²) in [5.74, 6) is 0. The molecule has 6 aromatic heterocycles. The molecule has 0 aliphatic carbocycles. The van der Waals surface area contributed by atoms with E-state index in [0.717, 1.165) is 52.3 Å². The van der Waals surface area contributed by atoms with E-state index in [-0.39, 0.29) is 0 Å². The smallest absolute Gasteiger partial charge is 0.0462 e. The third kappa shape index (κ3) is 10.4. The minimum atomic E-state index is 1.05. The van der Waals surface area contributed by atoms with Crippen LogP contribution in [0.5, 0.6) is 0 Å². The van der Waals surface area contributed by atoms with Crippen molar-refractivity contribution in [1.82, 2.24) is 0 Å². The van der Waals surface area contributed by atoms with Gasteiger partial charge in [-0.05, 0) is 164 Å². The molecule has 0 atom stereocenters. The average Bonchev–Trinajstić information content (AvgIpc) is 4.15. The molecule has 0 saturated heterocycles. The molecule has 0 fully saturated rings. The van der Waals surface area contributed by atoms with Crippen molar-refractivity contribution in [2.24, 2.45) is 0 Å². The number of rotatable bonds is 18. The van der Waals surface area contributed by atoms with Crippen LogP contribution >= 0.6 is 116 Å². The number of hydrogen-bond donors (Lipinski definition) is 0. The molecule has 1 nitrogen and oxygen atoms in total. The fourth-order valence-electron chi connectivity index (χ4n) is 7.31. The van der Waals surface area contributed by atoms with Crippen molar-refractivity contribution in [3.05, 3.63) is 160 Å². The summed E-state index contributed by atoms with van der Waals surface area (Å²) in [5, 5.41) is 3.14. The predicted octanol–water partition coefficient (Wildman–Crippen LogP) is 19.5. The van der Waals surface area contributed by atoms with Gasteiger partial charge in [-0.1, -0.05) is 84.2 Å². The van der Waals surface area contributed by atoms with Crippen molar-refractivity contribution in [3.63, 3.8) is 0 Å². The van der Waals surface area contributed by atoms with Crippen molar-refractivity contribution >= 4 is 133 Å². The van der Waals surface area contributed by atoms with Crippen molar-refractivity contribution in [2.45, 2.75) is 38.5 Å². The first-order valence-corrected chi connectivity index (χ1v) is 28.7. The largest absolute Gasteiger partial charge is 0.311 e. The third-order valence-corrected chi connectivity index (χ3v) is 19.5. The molecule has 61 heavy (non-hydrogen) atoms. The van der Waals surface area contributed by atoms with Crippen molar-refractivity contribution in [1.29, 1.82) is 0 Å². The highest BCUT2D eigenvalue weighted by atomic mass is 79.9. The summed E-state index contributed by atoms with van der Waals surface area (Å²) in [6, 6.07) is 54.7. The fraction of sp³-hybridized carbons (Fsp3) is 0.176. The van der Waals surface area contributed by atoms with E-state index in [4.69, 9.17) is 0 Å². The van der Waals surface area contributed by atoms with Gasteiger partial charge in [-0.3, -0.25) is 0 Å². The van der Waals surface area contributed by atoms with E-state index in [9.17, 15) is 0 Å². The van der Waals surface area contributed by atoms with E-state index >= 15 is 0 Å². The Morgan fingerprint density at radius 3 is 0.803 bits per heavy atom. The molecular weight excluding hydrogens is 1060 g/mol. The molecule has 0 amide bonds. The van der Waals surface area contributed by atoms with Crippen LogP contribution in [0.25, 0.3) is 60.6 Å². The molecule has 0 spiro atoms. The summed E-state index contributed by atoms with van der Waals surface area (Å²) in [7, 11) is 0. The van der Waals surface area contributed by atoms with Crippen LogP contribution in [0, 0.1) is 0 Å². The van der Waals surface area contributed by atoms with Crippen molar-refractivity contribution in [2.75, 3.05) is 20.9 Å². The maximum absolute atomic E-state index is 3.58. The molecule has 0 N–H and O–H groups in total. The van der Waals surface area contributed by atoms with Gasteiger partial charge in [0.25, 0.3) is 0 Å². The molecule has 3 aromatic carbocycles. The standard InChI is InChI=1S/C51H42Br3NS6/c52-31-1-4-40-19-22-46(56-40)49-28-25-43(59-49)34-7-13-37(14-8-34)55(38-15-9-35(10-16-38)44-26-29-50(60-44)47-23-20-41(57-47)5-2-32-53)39-17-11-36(12-18-39)45-27-30-51(61-45)48-24-21-42(58-48)6-3-33-54/h7-30H,1-6,31-33H2. The lowest BCUT2D eigenvalue weighted by Crippen LogP contribution is -2.09. The summed E-state index contributed by atoms with van der Waals surface area (Å²) in [5.41, 5.74) is 7.13. The first kappa shape index (κ1) is 43.4. The molecule has 0 saturated carbocycles. The second-order valence-electron chi connectivity index (χ2n) is 14.6. The summed E-state index contributed by atoms with van der Waals surface area (Å²) < 4.78 is 0. The molecule has 308 valence electrons. The highest BCUT2D eigenvalue weighted by molar-refractivity contribution is 9.09. The summed E-state index contributed by atoms with van der Waals surface area (Å²) in [4.78, 5) is 18.7. The van der Waals surface area contributed by atoms with Gasteiger partial charge in [0.05, 0.1) is 0 Å². The number of nitrogens with zero attached hydrogens (tertiary/aromatic N) is 1. The molecule has 0 unspecified atom stereocenters. The molecule has 0 radical (unpaired) electrons. The zero-order chi connectivity index (χ0) is 41.5. The van der Waals surface area contributed by atoms with E-state index in [2.05, 4.69) is 198 Å². The highest BCUT2D eigenvalue weighted by Gasteiger charge is 2.17. The number of halogens is 3. The van der Waals surface area contributed by atoms with Crippen LogP contribution in [-0.2, 0) is 19.3 Å². The minimum absolute atomic E-state index is 1.05. The van der Waals surface area contributed by atoms with Gasteiger partial charge in [-0.25, -0.2) is 0 Å². The molecular formula is C51H42Br3NS6. The Morgan fingerprint density at radius 1 is 0.279 bits per heavy atom. The minimum Gasteiger partial charge on any atom is -0.311 e. The zero-order valence-electron chi connectivity index (χ0n) is 33.3. The molecule has 0 aliphatic heterocycles. The number of hydrogen-bond acceptors (Lipinski definition) is 7. The molecule has 0 bridgehead atoms. The van der Waals surface area contributed by atoms with Crippen LogP contribution in [-0.4, -0.2) is 16.0 Å². The van der Waals surface area contributed by atoms with E-state index in [1.54, 1.807) is 0 Å². The molecule has 9 aromatic rings. The van der Waals surface area contributed by atoms with Crippen molar-refractivity contribution < 1.29 is 0 Å². The summed E-state index contributed by atoms with van der Waals surface area (Å²) in [6.07, 6.45) is 6.89. The normalized spacial score (nSPS) is 11.5. The van der Waals surface area contributed by atoms with E-state index in [1.807, 2.05) is 68.0 Å². The van der Waals surface area contributed by atoms with Crippen molar-refractivity contribution in [3.8, 4) is 60.6 Å². The van der Waals surface area contributed by atoms with Gasteiger partial charge in [0.15, 0.2) is 0 Å². The molecule has 10 heteroatoms. The van der Waals surface area contributed by atoms with Gasteiger partial charge in [0.1, 0.15) is 0 Å². The monoisotopic (exact) mass is 1100 g/mol. The van der Waals surface area contributed by atoms with Crippen LogP contribution in [0.15, 0.2) is 146 Å². The number of aryl methyl sites for hydroxylation is 3. The lowest BCUT2D eigenvalue weighted by Gasteiger charge is -2.26. The maximum atomic E-state index is 3.58. The van der Waals surface area contributed by atoms with Gasteiger partial charge < -0.3 is 4.90 Å². The SMILES string of the molecule is BrCCCc1ccc(-c2ccc(-c3ccc(N(c4ccc(-c5ccc(-c6ccc(CCCBr)s6)s5)cc4)c4ccc(-c5ccc(-c6ccc(CCCBr)s6)s5)cc4)cc3)s2)s1. The number of thiophene rings is 6. The Labute approximate surface area is 408 Å². The van der Waals surface area contributed by atoms with Gasteiger partial charge in [-0.2, -0.15) is 0 Å². The lowest BCUT2D eigenvalue weighted by atomic mass is 10.1. The first-order valence-electron chi connectivity index (χ1n) is 20.4. The molecule has 0 aliphatic rings. The fourth-order valence-corrected chi connectivity index (χ4v) is 14.6. The quantitative estimate of drug-likeness (QED) is 0.0774. The zero-order valence-corrected chi connectivity index (χ0v) is 42.9. The average molecular weight is 1100 g/mol. The summed E-state index contributed by atoms with van der Waals surface area (Å²) >= 11 is 22.1. The van der Waals surface area contributed by atoms with Gasteiger partial charge in [0.2, 0.25) is 0 Å². The van der Waals surface area contributed by atoms with E-state index < -0.39 is 0 Å². The van der Waals surface area contributed by atoms with Gasteiger partial charge >= 0.3 is 0 Å². The second kappa shape index (κ2) is 20.7. The third-order valence-electron chi connectivity index (χ3n) is 10.4. The van der Waals surface area contributed by atoms with Gasteiger partial charge in [-0.15, -0.1) is 68.0 Å². The maximum Gasteiger partial charge on any atom is 0.0462 e. The topological polar surface area (TPSA) is 3.24 Å². The molecule has 6 heterocycles.